The largest absolute Gasteiger partial charge is 0.441 e. The van der Waals surface area contributed by atoms with E-state index in [0.29, 0.717) is 29.0 Å². The second kappa shape index (κ2) is 8.04. The number of oxime groups is 1. The van der Waals surface area contributed by atoms with Crippen molar-refractivity contribution in [3.63, 3.8) is 0 Å². The summed E-state index contributed by atoms with van der Waals surface area (Å²) in [7, 11) is 3.84. The zero-order valence-electron chi connectivity index (χ0n) is 16.8. The van der Waals surface area contributed by atoms with Gasteiger partial charge in [-0.1, -0.05) is 5.16 Å². The van der Waals surface area contributed by atoms with Crippen LogP contribution in [-0.2, 0) is 0 Å². The molecule has 1 aliphatic rings. The zero-order valence-corrected chi connectivity index (χ0v) is 16.8. The molecule has 152 valence electrons. The summed E-state index contributed by atoms with van der Waals surface area (Å²) >= 11 is 0. The van der Waals surface area contributed by atoms with Crippen molar-refractivity contribution in [2.75, 3.05) is 37.0 Å². The number of rotatable bonds is 4. The van der Waals surface area contributed by atoms with Gasteiger partial charge in [0.05, 0.1) is 0 Å². The number of oxazole rings is 1. The highest BCUT2D eigenvalue weighted by atomic mass is 16.4. The molecule has 3 aromatic rings. The fraction of sp³-hybridized carbons (Fsp3) is 0.400. The number of aryl methyl sites for hydroxylation is 1. The zero-order chi connectivity index (χ0) is 20.4. The van der Waals surface area contributed by atoms with Crippen molar-refractivity contribution in [3.8, 4) is 0 Å². The molecular weight excluding hydrogens is 370 g/mol. The van der Waals surface area contributed by atoms with Crippen LogP contribution in [0.3, 0.4) is 0 Å². The molecule has 29 heavy (non-hydrogen) atoms. The maximum atomic E-state index is 9.64. The third kappa shape index (κ3) is 3.86. The lowest BCUT2D eigenvalue weighted by atomic mass is 10.1. The molecule has 4 rings (SSSR count). The summed E-state index contributed by atoms with van der Waals surface area (Å²) in [4.78, 5) is 8.20. The molecule has 9 heteroatoms. The maximum Gasteiger partial charge on any atom is 0.199 e. The molecule has 9 nitrogen and oxygen atoms in total. The molecule has 2 aromatic heterocycles. The van der Waals surface area contributed by atoms with Crippen molar-refractivity contribution >= 4 is 28.4 Å². The average Bonchev–Trinajstić information content (AvgIpc) is 3.14. The van der Waals surface area contributed by atoms with Crippen LogP contribution in [0.1, 0.15) is 24.4 Å². The average molecular weight is 395 g/mol. The van der Waals surface area contributed by atoms with E-state index in [4.69, 9.17) is 4.42 Å². The third-order valence-corrected chi connectivity index (χ3v) is 5.38. The van der Waals surface area contributed by atoms with Crippen LogP contribution < -0.4 is 15.1 Å². The van der Waals surface area contributed by atoms with Gasteiger partial charge in [0.15, 0.2) is 23.1 Å². The number of nitrogens with one attached hydrogen (secondary N) is 1. The molecular formula is C20H25N7O2. The second-order valence-corrected chi connectivity index (χ2v) is 7.24. The molecule has 0 saturated carbocycles. The van der Waals surface area contributed by atoms with Crippen LogP contribution in [0.2, 0.25) is 0 Å². The number of amidine groups is 1. The summed E-state index contributed by atoms with van der Waals surface area (Å²) in [6.07, 6.45) is 2.16. The van der Waals surface area contributed by atoms with Crippen LogP contribution in [0.4, 0.5) is 11.5 Å². The van der Waals surface area contributed by atoms with Gasteiger partial charge in [0.2, 0.25) is 0 Å². The van der Waals surface area contributed by atoms with E-state index in [2.05, 4.69) is 30.6 Å². The summed E-state index contributed by atoms with van der Waals surface area (Å²) in [5, 5.41) is 25.1. The number of fused-ring (bicyclic) bond motifs is 1. The Morgan fingerprint density at radius 1 is 1.17 bits per heavy atom. The first kappa shape index (κ1) is 19.1. The van der Waals surface area contributed by atoms with Crippen LogP contribution in [0.25, 0.3) is 11.1 Å². The smallest absolute Gasteiger partial charge is 0.199 e. The molecule has 0 spiro atoms. The van der Waals surface area contributed by atoms with Crippen molar-refractivity contribution in [2.45, 2.75) is 25.8 Å². The summed E-state index contributed by atoms with van der Waals surface area (Å²) in [6, 6.07) is 9.79. The van der Waals surface area contributed by atoms with Gasteiger partial charge in [0.25, 0.3) is 0 Å². The van der Waals surface area contributed by atoms with Gasteiger partial charge in [0, 0.05) is 38.8 Å². The molecule has 2 N–H and O–H groups in total. The Bertz CT molecular complexity index is 1010. The number of hydrogen-bond donors (Lipinski definition) is 2. The number of aromatic nitrogens is 3. The van der Waals surface area contributed by atoms with Gasteiger partial charge < -0.3 is 24.7 Å². The molecule has 0 atom stereocenters. The molecule has 0 radical (unpaired) electrons. The Kier molecular flexibility index (Phi) is 5.30. The van der Waals surface area contributed by atoms with Crippen molar-refractivity contribution in [1.82, 2.24) is 20.5 Å². The van der Waals surface area contributed by atoms with Gasteiger partial charge in [-0.2, -0.15) is 0 Å². The first-order valence-corrected chi connectivity index (χ1v) is 9.67. The minimum Gasteiger partial charge on any atom is -0.441 e. The van der Waals surface area contributed by atoms with Crippen LogP contribution in [0, 0.1) is 6.92 Å². The SMILES string of the molecule is Cc1nc2ccc(N(C)/C(=N/O)c3ccc(N(C)C4CCNCC4)nn3)cc2o1. The topological polar surface area (TPSA) is 103 Å². The second-order valence-electron chi connectivity index (χ2n) is 7.24. The predicted octanol–water partition coefficient (Wildman–Crippen LogP) is 2.39. The number of benzene rings is 1. The molecule has 0 amide bonds. The molecule has 0 unspecified atom stereocenters. The van der Waals surface area contributed by atoms with E-state index in [1.54, 1.807) is 11.9 Å². The lowest BCUT2D eigenvalue weighted by molar-refractivity contribution is 0.318. The van der Waals surface area contributed by atoms with Crippen LogP contribution in [0.5, 0.6) is 0 Å². The number of nitrogens with zero attached hydrogens (tertiary/aromatic N) is 6. The van der Waals surface area contributed by atoms with E-state index in [9.17, 15) is 5.21 Å². The highest BCUT2D eigenvalue weighted by Gasteiger charge is 2.21. The highest BCUT2D eigenvalue weighted by molar-refractivity contribution is 6.08. The van der Waals surface area contributed by atoms with Crippen LogP contribution in [-0.4, -0.2) is 59.5 Å². The molecule has 1 fully saturated rings. The van der Waals surface area contributed by atoms with Gasteiger partial charge >= 0.3 is 0 Å². The third-order valence-electron chi connectivity index (χ3n) is 5.38. The Labute approximate surface area is 169 Å². The summed E-state index contributed by atoms with van der Waals surface area (Å²) < 4.78 is 5.60. The molecule has 0 bridgehead atoms. The minimum atomic E-state index is 0.296. The van der Waals surface area contributed by atoms with Crippen LogP contribution >= 0.6 is 0 Å². The van der Waals surface area contributed by atoms with E-state index >= 15 is 0 Å². The van der Waals surface area contributed by atoms with Crippen molar-refractivity contribution < 1.29 is 9.62 Å². The number of hydrogen-bond acceptors (Lipinski definition) is 8. The Morgan fingerprint density at radius 3 is 2.66 bits per heavy atom. The molecule has 1 aromatic carbocycles. The Balaban J connectivity index is 1.54. The van der Waals surface area contributed by atoms with Gasteiger partial charge in [-0.3, -0.25) is 0 Å². The monoisotopic (exact) mass is 395 g/mol. The van der Waals surface area contributed by atoms with E-state index in [1.165, 1.54) is 0 Å². The Hall–Kier alpha value is -3.20. The molecule has 1 saturated heterocycles. The van der Waals surface area contributed by atoms with E-state index in [0.717, 1.165) is 43.0 Å². The quantitative estimate of drug-likeness (QED) is 0.300. The normalized spacial score (nSPS) is 15.6. The Morgan fingerprint density at radius 2 is 1.97 bits per heavy atom. The van der Waals surface area contributed by atoms with E-state index in [-0.39, 0.29) is 0 Å². The van der Waals surface area contributed by atoms with Crippen LogP contribution in [0.15, 0.2) is 39.9 Å². The molecule has 0 aliphatic carbocycles. The first-order chi connectivity index (χ1) is 14.1. The van der Waals surface area contributed by atoms with Gasteiger partial charge in [-0.05, 0) is 50.2 Å². The maximum absolute atomic E-state index is 9.64. The van der Waals surface area contributed by atoms with Crippen molar-refractivity contribution in [2.24, 2.45) is 5.16 Å². The highest BCUT2D eigenvalue weighted by Crippen LogP contribution is 2.24. The standard InChI is InChI=1S/C20H25N7O2/c1-13-22-16-5-4-15(12-18(16)29-13)27(3)20(25-28)17-6-7-19(24-23-17)26(2)14-8-10-21-11-9-14/h4-7,12,14,21,28H,8-11H2,1-3H3/b25-20+. The van der Waals surface area contributed by atoms with Crippen molar-refractivity contribution in [1.29, 1.82) is 0 Å². The molecule has 3 heterocycles. The fourth-order valence-electron chi connectivity index (χ4n) is 3.66. The van der Waals surface area contributed by atoms with E-state index < -0.39 is 0 Å². The van der Waals surface area contributed by atoms with Gasteiger partial charge in [-0.15, -0.1) is 10.2 Å². The lowest BCUT2D eigenvalue weighted by Crippen LogP contribution is -2.41. The van der Waals surface area contributed by atoms with Crippen molar-refractivity contribution in [3.05, 3.63) is 41.9 Å². The minimum absolute atomic E-state index is 0.296. The number of anilines is 2. The predicted molar refractivity (Wildman–Crippen MR) is 112 cm³/mol. The lowest BCUT2D eigenvalue weighted by Gasteiger charge is -2.32. The summed E-state index contributed by atoms with van der Waals surface area (Å²) in [6.45, 7) is 3.84. The van der Waals surface area contributed by atoms with Gasteiger partial charge in [-0.25, -0.2) is 4.98 Å². The first-order valence-electron chi connectivity index (χ1n) is 9.67. The fourth-order valence-corrected chi connectivity index (χ4v) is 3.66. The van der Waals surface area contributed by atoms with E-state index in [1.807, 2.05) is 44.3 Å². The summed E-state index contributed by atoms with van der Waals surface area (Å²) in [5.74, 6) is 1.71. The van der Waals surface area contributed by atoms with Gasteiger partial charge in [0.1, 0.15) is 11.2 Å². The summed E-state index contributed by atoms with van der Waals surface area (Å²) in [5.41, 5.74) is 2.73. The number of piperidine rings is 1. The molecule has 1 aliphatic heterocycles.